The Balaban J connectivity index is 1.59. The summed E-state index contributed by atoms with van der Waals surface area (Å²) in [5.74, 6) is 0.124. The maximum Gasteiger partial charge on any atom is 0.338 e. The van der Waals surface area contributed by atoms with Gasteiger partial charge in [-0.05, 0) is 62.1 Å². The van der Waals surface area contributed by atoms with Crippen LogP contribution in [0.1, 0.15) is 34.3 Å². The van der Waals surface area contributed by atoms with Gasteiger partial charge in [-0.25, -0.2) is 4.79 Å². The van der Waals surface area contributed by atoms with Crippen molar-refractivity contribution in [2.24, 2.45) is 0 Å². The van der Waals surface area contributed by atoms with Gasteiger partial charge in [0.2, 0.25) is 0 Å². The first-order chi connectivity index (χ1) is 13.4. The van der Waals surface area contributed by atoms with Crippen LogP contribution in [0.15, 0.2) is 36.4 Å². The number of nitrogens with zero attached hydrogens (tertiary/aromatic N) is 2. The molecular weight excluding hydrogens is 360 g/mol. The molecule has 0 aliphatic carbocycles. The van der Waals surface area contributed by atoms with Crippen LogP contribution in [0.4, 0.5) is 11.4 Å². The summed E-state index contributed by atoms with van der Waals surface area (Å²) in [4.78, 5) is 25.2. The quantitative estimate of drug-likeness (QED) is 0.310. The molecule has 1 saturated heterocycles. The van der Waals surface area contributed by atoms with E-state index >= 15 is 0 Å². The zero-order chi connectivity index (χ0) is 20.1. The minimum absolute atomic E-state index is 0.0630. The number of nitro benzene ring substituents is 1. The lowest BCUT2D eigenvalue weighted by molar-refractivity contribution is -0.384. The molecule has 1 aliphatic heterocycles. The molecule has 0 unspecified atom stereocenters. The van der Waals surface area contributed by atoms with Crippen LogP contribution in [0.3, 0.4) is 0 Å². The number of ether oxygens (including phenoxy) is 2. The molecule has 0 saturated carbocycles. The van der Waals surface area contributed by atoms with E-state index in [-0.39, 0.29) is 24.5 Å². The third kappa shape index (κ3) is 4.79. The number of carbonyl (C=O) groups excluding carboxylic acids is 1. The average Bonchev–Trinajstić information content (AvgIpc) is 3.18. The Morgan fingerprint density at radius 1 is 1.07 bits per heavy atom. The average molecular weight is 384 g/mol. The van der Waals surface area contributed by atoms with Gasteiger partial charge in [0.1, 0.15) is 24.7 Å². The van der Waals surface area contributed by atoms with E-state index in [1.165, 1.54) is 6.07 Å². The van der Waals surface area contributed by atoms with Crippen LogP contribution in [0.5, 0.6) is 5.75 Å². The van der Waals surface area contributed by atoms with Gasteiger partial charge in [0.25, 0.3) is 5.69 Å². The fraction of sp³-hybridized carbons (Fsp3) is 0.381. The summed E-state index contributed by atoms with van der Waals surface area (Å²) in [5.41, 5.74) is 2.84. The van der Waals surface area contributed by atoms with E-state index in [4.69, 9.17) is 9.47 Å². The van der Waals surface area contributed by atoms with Crippen molar-refractivity contribution >= 4 is 17.3 Å². The van der Waals surface area contributed by atoms with Crippen molar-refractivity contribution in [3.05, 3.63) is 63.2 Å². The topological polar surface area (TPSA) is 81.9 Å². The minimum atomic E-state index is -0.597. The Labute approximate surface area is 164 Å². The SMILES string of the molecule is Cc1cc(C)cc(OCCOC(=O)c2ccc(N3CCCC3)c([N+](=O)[O-])c2)c1. The first kappa shape index (κ1) is 19.7. The predicted octanol–water partition coefficient (Wildman–Crippen LogP) is 4.05. The summed E-state index contributed by atoms with van der Waals surface area (Å²) in [5, 5.41) is 11.4. The lowest BCUT2D eigenvalue weighted by Crippen LogP contribution is -2.19. The Hall–Kier alpha value is -3.09. The third-order valence-corrected chi connectivity index (χ3v) is 4.63. The molecule has 148 valence electrons. The number of hydrogen-bond acceptors (Lipinski definition) is 6. The van der Waals surface area contributed by atoms with E-state index in [2.05, 4.69) is 0 Å². The van der Waals surface area contributed by atoms with Crippen LogP contribution in [0.25, 0.3) is 0 Å². The van der Waals surface area contributed by atoms with Gasteiger partial charge in [0.05, 0.1) is 10.5 Å². The number of hydrogen-bond donors (Lipinski definition) is 0. The number of carbonyl (C=O) groups is 1. The molecule has 0 bridgehead atoms. The maximum absolute atomic E-state index is 12.3. The summed E-state index contributed by atoms with van der Waals surface area (Å²) in [7, 11) is 0. The van der Waals surface area contributed by atoms with E-state index in [0.29, 0.717) is 5.69 Å². The summed E-state index contributed by atoms with van der Waals surface area (Å²) >= 11 is 0. The second kappa shape index (κ2) is 8.73. The van der Waals surface area contributed by atoms with E-state index in [9.17, 15) is 14.9 Å². The van der Waals surface area contributed by atoms with Gasteiger partial charge < -0.3 is 14.4 Å². The van der Waals surface area contributed by atoms with Crippen molar-refractivity contribution in [2.45, 2.75) is 26.7 Å². The molecule has 1 fully saturated rings. The van der Waals surface area contributed by atoms with Gasteiger partial charge in [0, 0.05) is 19.2 Å². The van der Waals surface area contributed by atoms with Crippen molar-refractivity contribution in [2.75, 3.05) is 31.2 Å². The Bertz CT molecular complexity index is 855. The van der Waals surface area contributed by atoms with Crippen molar-refractivity contribution in [3.8, 4) is 5.75 Å². The van der Waals surface area contributed by atoms with Crippen LogP contribution in [-0.4, -0.2) is 37.2 Å². The molecule has 1 heterocycles. The number of benzene rings is 2. The smallest absolute Gasteiger partial charge is 0.338 e. The van der Waals surface area contributed by atoms with Crippen molar-refractivity contribution < 1.29 is 19.2 Å². The molecule has 2 aromatic rings. The number of nitro groups is 1. The highest BCUT2D eigenvalue weighted by Gasteiger charge is 2.24. The van der Waals surface area contributed by atoms with E-state index in [0.717, 1.165) is 42.8 Å². The normalized spacial score (nSPS) is 13.4. The number of rotatable bonds is 7. The minimum Gasteiger partial charge on any atom is -0.490 e. The lowest BCUT2D eigenvalue weighted by atomic mass is 10.1. The highest BCUT2D eigenvalue weighted by molar-refractivity contribution is 5.91. The molecule has 7 heteroatoms. The molecule has 7 nitrogen and oxygen atoms in total. The van der Waals surface area contributed by atoms with E-state index in [1.54, 1.807) is 12.1 Å². The van der Waals surface area contributed by atoms with E-state index in [1.807, 2.05) is 36.9 Å². The van der Waals surface area contributed by atoms with Crippen LogP contribution < -0.4 is 9.64 Å². The maximum atomic E-state index is 12.3. The summed E-state index contributed by atoms with van der Waals surface area (Å²) in [6.07, 6.45) is 2.03. The molecule has 0 radical (unpaired) electrons. The number of esters is 1. The second-order valence-corrected chi connectivity index (χ2v) is 6.96. The third-order valence-electron chi connectivity index (χ3n) is 4.63. The molecule has 0 aromatic heterocycles. The lowest BCUT2D eigenvalue weighted by Gasteiger charge is -2.17. The molecule has 2 aromatic carbocycles. The molecule has 0 spiro atoms. The standard InChI is InChI=1S/C21H24N2O5/c1-15-11-16(2)13-18(12-15)27-9-10-28-21(24)17-5-6-19(20(14-17)23(25)26)22-7-3-4-8-22/h5-6,11-14H,3-4,7-10H2,1-2H3. The molecule has 0 amide bonds. The number of anilines is 1. The number of aryl methyl sites for hydroxylation is 2. The van der Waals surface area contributed by atoms with Crippen molar-refractivity contribution in [1.29, 1.82) is 0 Å². The van der Waals surface area contributed by atoms with Gasteiger partial charge in [0.15, 0.2) is 0 Å². The first-order valence-electron chi connectivity index (χ1n) is 9.35. The molecule has 3 rings (SSSR count). The van der Waals surface area contributed by atoms with Crippen LogP contribution in [-0.2, 0) is 4.74 Å². The molecule has 1 aliphatic rings. The Kier molecular flexibility index (Phi) is 6.13. The summed E-state index contributed by atoms with van der Waals surface area (Å²) in [6, 6.07) is 10.4. The van der Waals surface area contributed by atoms with Gasteiger partial charge in [-0.2, -0.15) is 0 Å². The van der Waals surface area contributed by atoms with Crippen LogP contribution in [0, 0.1) is 24.0 Å². The van der Waals surface area contributed by atoms with Crippen molar-refractivity contribution in [3.63, 3.8) is 0 Å². The van der Waals surface area contributed by atoms with Crippen LogP contribution in [0.2, 0.25) is 0 Å². The van der Waals surface area contributed by atoms with Gasteiger partial charge in [-0.1, -0.05) is 6.07 Å². The second-order valence-electron chi connectivity index (χ2n) is 6.96. The van der Waals surface area contributed by atoms with Gasteiger partial charge in [-0.3, -0.25) is 10.1 Å². The van der Waals surface area contributed by atoms with Crippen molar-refractivity contribution in [1.82, 2.24) is 0 Å². The highest BCUT2D eigenvalue weighted by atomic mass is 16.6. The monoisotopic (exact) mass is 384 g/mol. The predicted molar refractivity (Wildman–Crippen MR) is 106 cm³/mol. The zero-order valence-corrected chi connectivity index (χ0v) is 16.1. The molecular formula is C21H24N2O5. The Morgan fingerprint density at radius 2 is 1.75 bits per heavy atom. The summed E-state index contributed by atoms with van der Waals surface area (Å²) < 4.78 is 10.8. The van der Waals surface area contributed by atoms with Gasteiger partial charge >= 0.3 is 5.97 Å². The molecule has 28 heavy (non-hydrogen) atoms. The molecule has 0 N–H and O–H groups in total. The van der Waals surface area contributed by atoms with Gasteiger partial charge in [-0.15, -0.1) is 0 Å². The fourth-order valence-corrected chi connectivity index (χ4v) is 3.42. The largest absolute Gasteiger partial charge is 0.490 e. The van der Waals surface area contributed by atoms with Crippen LogP contribution >= 0.6 is 0 Å². The van der Waals surface area contributed by atoms with E-state index < -0.39 is 10.9 Å². The highest BCUT2D eigenvalue weighted by Crippen LogP contribution is 2.31. The first-order valence-corrected chi connectivity index (χ1v) is 9.35. The fourth-order valence-electron chi connectivity index (χ4n) is 3.42. The molecule has 0 atom stereocenters. The zero-order valence-electron chi connectivity index (χ0n) is 16.1. The summed E-state index contributed by atoms with van der Waals surface area (Å²) in [6.45, 7) is 5.83. The Morgan fingerprint density at radius 3 is 2.39 bits per heavy atom.